The fourth-order valence-corrected chi connectivity index (χ4v) is 10.9. The summed E-state index contributed by atoms with van der Waals surface area (Å²) in [6.45, 7) is 6.71. The zero-order valence-electron chi connectivity index (χ0n) is 37.4. The summed E-state index contributed by atoms with van der Waals surface area (Å²) >= 11 is 0. The van der Waals surface area contributed by atoms with Gasteiger partial charge in [-0.15, -0.1) is 0 Å². The second-order valence-electron chi connectivity index (χ2n) is 18.5. The smallest absolute Gasteiger partial charge is 0.308 e. The van der Waals surface area contributed by atoms with Gasteiger partial charge in [-0.05, 0) is 49.2 Å². The normalized spacial score (nSPS) is 27.2. The highest BCUT2D eigenvalue weighted by Crippen LogP contribution is 2.46. The molecule has 2 aromatic carbocycles. The molecule has 4 fully saturated rings. The number of rotatable bonds is 19. The lowest BCUT2D eigenvalue weighted by molar-refractivity contribution is -0.961. The first-order valence-corrected chi connectivity index (χ1v) is 22.6. The fourth-order valence-electron chi connectivity index (χ4n) is 10.9. The molecule has 4 heterocycles. The van der Waals surface area contributed by atoms with E-state index < -0.39 is 23.9 Å². The Labute approximate surface area is 365 Å². The molecule has 4 saturated heterocycles. The number of benzene rings is 2. The lowest BCUT2D eigenvalue weighted by Gasteiger charge is -2.47. The van der Waals surface area contributed by atoms with Crippen LogP contribution in [-0.2, 0) is 51.3 Å². The largest absolute Gasteiger partial charge is 0.462 e. The van der Waals surface area contributed by atoms with E-state index in [0.717, 1.165) is 123 Å². The van der Waals surface area contributed by atoms with Gasteiger partial charge >= 0.3 is 35.8 Å². The summed E-state index contributed by atoms with van der Waals surface area (Å²) < 4.78 is 34.9. The van der Waals surface area contributed by atoms with E-state index in [4.69, 9.17) is 28.4 Å². The van der Waals surface area contributed by atoms with Crippen LogP contribution in [0, 0.1) is 0 Å². The molecule has 4 aliphatic heterocycles. The van der Waals surface area contributed by atoms with Crippen LogP contribution in [0.4, 0.5) is 0 Å². The van der Waals surface area contributed by atoms with Crippen LogP contribution in [0.15, 0.2) is 36.4 Å². The van der Waals surface area contributed by atoms with Crippen molar-refractivity contribution in [3.05, 3.63) is 47.5 Å². The molecule has 14 nitrogen and oxygen atoms in total. The number of esters is 6. The van der Waals surface area contributed by atoms with E-state index in [-0.39, 0.29) is 47.1 Å². The minimum atomic E-state index is -0.486. The van der Waals surface area contributed by atoms with Gasteiger partial charge in [-0.2, -0.15) is 0 Å². The van der Waals surface area contributed by atoms with Crippen LogP contribution in [0.25, 0.3) is 0 Å². The SMILES string of the molecule is CC(=O)Oc1ccc(C[N+]2(C)C3CCC2CC(OC(=O)CCCCCCCCC(=O)OC2CC4CCC(C2)[N+]4(C)Cc2ccc(OC(C)=O)c(OC(C)=O)c2)C3)cc1OC(C)=O. The Kier molecular flexibility index (Phi) is 15.5. The predicted molar refractivity (Wildman–Crippen MR) is 227 cm³/mol. The summed E-state index contributed by atoms with van der Waals surface area (Å²) in [6.07, 6.45) is 13.7. The van der Waals surface area contributed by atoms with E-state index in [1.807, 2.05) is 12.1 Å². The van der Waals surface area contributed by atoms with Gasteiger partial charge in [0.25, 0.3) is 0 Å². The van der Waals surface area contributed by atoms with Gasteiger partial charge in [-0.1, -0.05) is 25.7 Å². The molecule has 338 valence electrons. The molecule has 14 heteroatoms. The zero-order valence-corrected chi connectivity index (χ0v) is 37.4. The second-order valence-corrected chi connectivity index (χ2v) is 18.5. The molecule has 2 aromatic rings. The van der Waals surface area contributed by atoms with Gasteiger partial charge in [0.15, 0.2) is 23.0 Å². The van der Waals surface area contributed by atoms with Crippen LogP contribution in [-0.4, -0.2) is 95.3 Å². The standard InChI is InChI=1S/C48H66N2O12/c1-31(51)57-43-21-15-35(23-45(43)59-33(3)53)29-49(5)37-17-18-38(49)26-41(25-37)61-47(55)13-11-9-7-8-10-12-14-48(56)62-42-27-39-19-20-40(28-42)50(39,6)30-36-16-22-44(58-32(2)52)46(24-36)60-34(4)54/h15-16,21-24,37-42H,7-14,17-20,25-30H2,1-6H3/q+2. The molecule has 0 saturated carbocycles. The summed E-state index contributed by atoms with van der Waals surface area (Å²) in [6, 6.07) is 12.2. The average Bonchev–Trinajstić information content (AvgIpc) is 3.40. The summed E-state index contributed by atoms with van der Waals surface area (Å²) in [5.74, 6) is -1.28. The number of fused-ring (bicyclic) bond motifs is 4. The minimum Gasteiger partial charge on any atom is -0.462 e. The molecule has 0 spiro atoms. The summed E-state index contributed by atoms with van der Waals surface area (Å²) in [4.78, 5) is 72.3. The van der Waals surface area contributed by atoms with Crippen molar-refractivity contribution >= 4 is 35.8 Å². The van der Waals surface area contributed by atoms with Gasteiger partial charge in [0, 0.05) is 103 Å². The summed E-state index contributed by atoms with van der Waals surface area (Å²) in [7, 11) is 4.52. The third-order valence-corrected chi connectivity index (χ3v) is 13.8. The molecular formula is C48H66N2O12+2. The van der Waals surface area contributed by atoms with Crippen LogP contribution in [0.3, 0.4) is 0 Å². The van der Waals surface area contributed by atoms with Crippen molar-refractivity contribution < 1.29 is 66.2 Å². The molecule has 0 aromatic heterocycles. The molecule has 0 amide bonds. The van der Waals surface area contributed by atoms with Crippen LogP contribution < -0.4 is 18.9 Å². The number of nitrogens with zero attached hydrogens (tertiary/aromatic N) is 2. The number of hydrogen-bond acceptors (Lipinski definition) is 12. The van der Waals surface area contributed by atoms with E-state index in [1.54, 1.807) is 24.3 Å². The molecule has 0 radical (unpaired) electrons. The van der Waals surface area contributed by atoms with Crippen molar-refractivity contribution in [1.29, 1.82) is 0 Å². The first-order valence-electron chi connectivity index (χ1n) is 22.6. The molecule has 0 N–H and O–H groups in total. The first kappa shape index (κ1) is 46.7. The Morgan fingerprint density at radius 1 is 0.468 bits per heavy atom. The summed E-state index contributed by atoms with van der Waals surface area (Å²) in [5, 5.41) is 0. The molecule has 62 heavy (non-hydrogen) atoms. The van der Waals surface area contributed by atoms with Crippen LogP contribution >= 0.6 is 0 Å². The third kappa shape index (κ3) is 12.0. The minimum absolute atomic E-state index is 0.0799. The Bertz CT molecular complexity index is 1810. The molecule has 6 rings (SSSR count). The summed E-state index contributed by atoms with van der Waals surface area (Å²) in [5.41, 5.74) is 1.98. The molecule has 4 bridgehead atoms. The van der Waals surface area contributed by atoms with E-state index in [0.29, 0.717) is 37.0 Å². The molecule has 4 atom stereocenters. The molecule has 4 aliphatic rings. The monoisotopic (exact) mass is 862 g/mol. The van der Waals surface area contributed by atoms with Gasteiger partial charge in [-0.3, -0.25) is 28.8 Å². The van der Waals surface area contributed by atoms with E-state index in [2.05, 4.69) is 14.1 Å². The quantitative estimate of drug-likeness (QED) is 0.0591. The van der Waals surface area contributed by atoms with Crippen molar-refractivity contribution in [1.82, 2.24) is 0 Å². The highest BCUT2D eigenvalue weighted by Gasteiger charge is 2.53. The van der Waals surface area contributed by atoms with Gasteiger partial charge in [-0.25, -0.2) is 0 Å². The van der Waals surface area contributed by atoms with Crippen LogP contribution in [0.1, 0.15) is 142 Å². The molecule has 4 unspecified atom stereocenters. The average molecular weight is 863 g/mol. The number of unbranched alkanes of at least 4 members (excludes halogenated alkanes) is 5. The highest BCUT2D eigenvalue weighted by atomic mass is 16.6. The van der Waals surface area contributed by atoms with Gasteiger partial charge in [0.05, 0.1) is 38.3 Å². The fraction of sp³-hybridized carbons (Fsp3) is 0.625. The van der Waals surface area contributed by atoms with Crippen molar-refractivity contribution in [3.63, 3.8) is 0 Å². The van der Waals surface area contributed by atoms with Crippen LogP contribution in [0.5, 0.6) is 23.0 Å². The maximum Gasteiger partial charge on any atom is 0.308 e. The van der Waals surface area contributed by atoms with E-state index >= 15 is 0 Å². The Balaban J connectivity index is 0.844. The highest BCUT2D eigenvalue weighted by molar-refractivity contribution is 5.75. The van der Waals surface area contributed by atoms with Crippen molar-refractivity contribution in [2.24, 2.45) is 0 Å². The second kappa shape index (κ2) is 20.6. The number of piperidine rings is 2. The Hall–Kier alpha value is -4.82. The van der Waals surface area contributed by atoms with E-state index in [1.165, 1.54) is 27.7 Å². The van der Waals surface area contributed by atoms with Crippen molar-refractivity contribution in [2.45, 2.75) is 180 Å². The van der Waals surface area contributed by atoms with Gasteiger partial charge in [0.2, 0.25) is 0 Å². The van der Waals surface area contributed by atoms with Crippen molar-refractivity contribution in [3.8, 4) is 23.0 Å². The van der Waals surface area contributed by atoms with E-state index in [9.17, 15) is 28.8 Å². The topological polar surface area (TPSA) is 158 Å². The number of carbonyl (C=O) groups excluding carboxylic acids is 6. The Morgan fingerprint density at radius 2 is 0.774 bits per heavy atom. The molecular weight excluding hydrogens is 797 g/mol. The maximum absolute atomic E-state index is 12.9. The number of ether oxygens (including phenoxy) is 6. The van der Waals surface area contributed by atoms with Crippen molar-refractivity contribution in [2.75, 3.05) is 14.1 Å². The van der Waals surface area contributed by atoms with Gasteiger partial charge < -0.3 is 37.4 Å². The van der Waals surface area contributed by atoms with Gasteiger partial charge in [0.1, 0.15) is 25.3 Å². The number of hydrogen-bond donors (Lipinski definition) is 0. The predicted octanol–water partition coefficient (Wildman–Crippen LogP) is 7.58. The first-order chi connectivity index (χ1) is 29.5. The lowest BCUT2D eigenvalue weighted by atomic mass is 9.95. The zero-order chi connectivity index (χ0) is 44.6. The maximum atomic E-state index is 12.9. The number of quaternary nitrogens is 2. The van der Waals surface area contributed by atoms with Crippen LogP contribution in [0.2, 0.25) is 0 Å². The Morgan fingerprint density at radius 3 is 1.10 bits per heavy atom. The molecule has 0 aliphatic carbocycles. The number of carbonyl (C=O) groups is 6. The lowest BCUT2D eigenvalue weighted by Crippen LogP contribution is -2.58. The third-order valence-electron chi connectivity index (χ3n) is 13.8.